The lowest BCUT2D eigenvalue weighted by Crippen LogP contribution is -2.32. The Morgan fingerprint density at radius 1 is 1.24 bits per heavy atom. The van der Waals surface area contributed by atoms with Gasteiger partial charge in [-0.15, -0.1) is 6.58 Å². The molecule has 1 amide bonds. The summed E-state index contributed by atoms with van der Waals surface area (Å²) in [6.45, 7) is 8.42. The molecular formula is C25H26N8O. The molecule has 4 rings (SSSR count). The van der Waals surface area contributed by atoms with Crippen LogP contribution in [-0.4, -0.2) is 43.4 Å². The highest BCUT2D eigenvalue weighted by atomic mass is 16.1. The van der Waals surface area contributed by atoms with Crippen LogP contribution in [0.25, 0.3) is 27.8 Å². The van der Waals surface area contributed by atoms with Crippen LogP contribution in [0, 0.1) is 24.2 Å². The second-order valence-electron chi connectivity index (χ2n) is 8.08. The average Bonchev–Trinajstić information content (AvgIpc) is 3.42. The summed E-state index contributed by atoms with van der Waals surface area (Å²) >= 11 is 0. The number of rotatable bonds is 8. The number of pyridine rings is 2. The lowest BCUT2D eigenvalue weighted by molar-refractivity contribution is -0.123. The van der Waals surface area contributed by atoms with Gasteiger partial charge in [0.2, 0.25) is 5.91 Å². The summed E-state index contributed by atoms with van der Waals surface area (Å²) in [7, 11) is 1.89. The number of amides is 1. The van der Waals surface area contributed by atoms with Crippen molar-refractivity contribution in [3.8, 4) is 28.3 Å². The van der Waals surface area contributed by atoms with Crippen LogP contribution in [0.3, 0.4) is 0 Å². The summed E-state index contributed by atoms with van der Waals surface area (Å²) in [4.78, 5) is 16.3. The number of anilines is 1. The molecule has 1 atom stereocenters. The minimum atomic E-state index is -0.220. The predicted octanol–water partition coefficient (Wildman–Crippen LogP) is 3.33. The zero-order valence-electron chi connectivity index (χ0n) is 19.4. The van der Waals surface area contributed by atoms with Crippen molar-refractivity contribution >= 4 is 17.2 Å². The number of aromatic nitrogens is 5. The SMILES string of the molecule is C=CC(C)C(=O)NCCNc1ccc(-c2cc(-c3cn(C)nc3C)cn3ncc(C#N)c23)cn1. The minimum Gasteiger partial charge on any atom is -0.368 e. The molecule has 4 aromatic heterocycles. The highest BCUT2D eigenvalue weighted by molar-refractivity contribution is 5.87. The topological polar surface area (TPSA) is 113 Å². The first-order chi connectivity index (χ1) is 16.4. The monoisotopic (exact) mass is 454 g/mol. The van der Waals surface area contributed by atoms with Crippen molar-refractivity contribution in [3.05, 3.63) is 66.9 Å². The van der Waals surface area contributed by atoms with E-state index in [2.05, 4.69) is 38.5 Å². The highest BCUT2D eigenvalue weighted by Crippen LogP contribution is 2.32. The summed E-state index contributed by atoms with van der Waals surface area (Å²) in [6.07, 6.45) is 8.83. The fourth-order valence-electron chi connectivity index (χ4n) is 3.76. The molecular weight excluding hydrogens is 428 g/mol. The summed E-state index contributed by atoms with van der Waals surface area (Å²) < 4.78 is 3.51. The molecule has 9 nitrogen and oxygen atoms in total. The molecule has 9 heteroatoms. The molecule has 172 valence electrons. The van der Waals surface area contributed by atoms with Crippen LogP contribution in [0.1, 0.15) is 18.2 Å². The summed E-state index contributed by atoms with van der Waals surface area (Å²) in [5.41, 5.74) is 5.81. The Labute approximate surface area is 197 Å². The summed E-state index contributed by atoms with van der Waals surface area (Å²) in [6, 6.07) is 8.11. The molecule has 4 aromatic rings. The van der Waals surface area contributed by atoms with Crippen molar-refractivity contribution in [1.29, 1.82) is 5.26 Å². The van der Waals surface area contributed by atoms with Crippen molar-refractivity contribution in [1.82, 2.24) is 29.7 Å². The number of nitrogens with zero attached hydrogens (tertiary/aromatic N) is 6. The fraction of sp³-hybridized carbons (Fsp3) is 0.240. The van der Waals surface area contributed by atoms with E-state index in [1.165, 1.54) is 0 Å². The van der Waals surface area contributed by atoms with E-state index in [4.69, 9.17) is 0 Å². The number of fused-ring (bicyclic) bond motifs is 1. The Morgan fingerprint density at radius 2 is 2.06 bits per heavy atom. The fourth-order valence-corrected chi connectivity index (χ4v) is 3.76. The standard InChI is InChI=1S/C25H26N8O/c1-5-16(2)25(34)28-9-8-27-23-7-6-18(12-29-23)21-10-19(22-15-32(4)31-17(22)3)14-33-24(21)20(11-26)13-30-33/h5-7,10,12-16H,1,8-9H2,2-4H3,(H,27,29)(H,28,34). The molecule has 0 aliphatic heterocycles. The lowest BCUT2D eigenvalue weighted by Gasteiger charge is -2.11. The lowest BCUT2D eigenvalue weighted by atomic mass is 10.0. The Morgan fingerprint density at radius 3 is 2.71 bits per heavy atom. The molecule has 0 spiro atoms. The second kappa shape index (κ2) is 9.58. The Balaban J connectivity index is 1.59. The van der Waals surface area contributed by atoms with Gasteiger partial charge in [-0.1, -0.05) is 13.0 Å². The molecule has 0 bridgehead atoms. The van der Waals surface area contributed by atoms with Crippen LogP contribution >= 0.6 is 0 Å². The molecule has 0 radical (unpaired) electrons. The molecule has 0 aliphatic rings. The third-order valence-electron chi connectivity index (χ3n) is 5.63. The van der Waals surface area contributed by atoms with Gasteiger partial charge in [-0.2, -0.15) is 15.5 Å². The van der Waals surface area contributed by atoms with Gasteiger partial charge in [-0.3, -0.25) is 9.48 Å². The van der Waals surface area contributed by atoms with Gasteiger partial charge in [-0.05, 0) is 25.1 Å². The van der Waals surface area contributed by atoms with Crippen LogP contribution in [-0.2, 0) is 11.8 Å². The Hall–Kier alpha value is -4.45. The molecule has 1 unspecified atom stereocenters. The van der Waals surface area contributed by atoms with E-state index in [-0.39, 0.29) is 11.8 Å². The molecule has 0 saturated carbocycles. The number of hydrogen-bond donors (Lipinski definition) is 2. The quantitative estimate of drug-likeness (QED) is 0.312. The van der Waals surface area contributed by atoms with Crippen molar-refractivity contribution in [2.75, 3.05) is 18.4 Å². The summed E-state index contributed by atoms with van der Waals surface area (Å²) in [5, 5.41) is 24.5. The van der Waals surface area contributed by atoms with Gasteiger partial charge in [0.15, 0.2) is 0 Å². The molecule has 34 heavy (non-hydrogen) atoms. The smallest absolute Gasteiger partial charge is 0.226 e. The van der Waals surface area contributed by atoms with Gasteiger partial charge in [-0.25, -0.2) is 9.50 Å². The van der Waals surface area contributed by atoms with Gasteiger partial charge in [0.05, 0.1) is 28.9 Å². The predicted molar refractivity (Wildman–Crippen MR) is 131 cm³/mol. The molecule has 0 fully saturated rings. The van der Waals surface area contributed by atoms with Crippen molar-refractivity contribution < 1.29 is 4.79 Å². The average molecular weight is 455 g/mol. The van der Waals surface area contributed by atoms with Gasteiger partial charge in [0.25, 0.3) is 0 Å². The van der Waals surface area contributed by atoms with Gasteiger partial charge in [0, 0.05) is 61.0 Å². The maximum absolute atomic E-state index is 11.8. The first kappa shape index (κ1) is 22.7. The number of nitriles is 1. The zero-order chi connectivity index (χ0) is 24.2. The molecule has 0 saturated heterocycles. The second-order valence-corrected chi connectivity index (χ2v) is 8.08. The largest absolute Gasteiger partial charge is 0.368 e. The number of carbonyl (C=O) groups is 1. The van der Waals surface area contributed by atoms with Crippen molar-refractivity contribution in [2.45, 2.75) is 13.8 Å². The van der Waals surface area contributed by atoms with Crippen molar-refractivity contribution in [3.63, 3.8) is 0 Å². The van der Waals surface area contributed by atoms with E-state index < -0.39 is 0 Å². The van der Waals surface area contributed by atoms with Crippen LogP contribution in [0.4, 0.5) is 5.82 Å². The Kier molecular flexibility index (Phi) is 6.41. The van der Waals surface area contributed by atoms with E-state index in [1.54, 1.807) is 34.6 Å². The van der Waals surface area contributed by atoms with Crippen LogP contribution in [0.15, 0.2) is 55.6 Å². The molecule has 0 aromatic carbocycles. The van der Waals surface area contributed by atoms with E-state index in [0.717, 1.165) is 33.5 Å². The Bertz CT molecular complexity index is 1390. The molecule has 4 heterocycles. The minimum absolute atomic E-state index is 0.0537. The van der Waals surface area contributed by atoms with E-state index in [9.17, 15) is 10.1 Å². The maximum Gasteiger partial charge on any atom is 0.226 e. The van der Waals surface area contributed by atoms with Gasteiger partial charge < -0.3 is 10.6 Å². The van der Waals surface area contributed by atoms with Gasteiger partial charge >= 0.3 is 0 Å². The van der Waals surface area contributed by atoms with Gasteiger partial charge in [0.1, 0.15) is 11.9 Å². The van der Waals surface area contributed by atoms with Crippen LogP contribution in [0.2, 0.25) is 0 Å². The van der Waals surface area contributed by atoms with Crippen molar-refractivity contribution in [2.24, 2.45) is 13.0 Å². The maximum atomic E-state index is 11.8. The van der Waals surface area contributed by atoms with E-state index in [0.29, 0.717) is 24.5 Å². The van der Waals surface area contributed by atoms with Crippen LogP contribution in [0.5, 0.6) is 0 Å². The normalized spacial score (nSPS) is 11.7. The van der Waals surface area contributed by atoms with Crippen LogP contribution < -0.4 is 10.6 Å². The zero-order valence-corrected chi connectivity index (χ0v) is 19.4. The third-order valence-corrected chi connectivity index (χ3v) is 5.63. The number of carbonyl (C=O) groups excluding carboxylic acids is 1. The number of nitrogens with one attached hydrogen (secondary N) is 2. The van der Waals surface area contributed by atoms with E-state index in [1.807, 2.05) is 44.6 Å². The number of hydrogen-bond acceptors (Lipinski definition) is 6. The molecule has 0 aliphatic carbocycles. The first-order valence-corrected chi connectivity index (χ1v) is 10.9. The third kappa shape index (κ3) is 4.52. The molecule has 2 N–H and O–H groups in total. The summed E-state index contributed by atoms with van der Waals surface area (Å²) in [5.74, 6) is 0.420. The number of aryl methyl sites for hydroxylation is 2. The first-order valence-electron chi connectivity index (χ1n) is 10.9. The van der Waals surface area contributed by atoms with E-state index >= 15 is 0 Å². The highest BCUT2D eigenvalue weighted by Gasteiger charge is 2.16.